The number of methoxy groups -OCH3 is 1. The van der Waals surface area contributed by atoms with E-state index in [1.165, 1.54) is 30.9 Å². The molecule has 0 atom stereocenters. The predicted octanol–water partition coefficient (Wildman–Crippen LogP) is 9.17. The van der Waals surface area contributed by atoms with Crippen LogP contribution in [0.5, 0.6) is 11.5 Å². The van der Waals surface area contributed by atoms with Gasteiger partial charge in [0.2, 0.25) is 0 Å². The highest BCUT2D eigenvalue weighted by Gasteiger charge is 2.32. The van der Waals surface area contributed by atoms with E-state index in [1.54, 1.807) is 42.3 Å². The van der Waals surface area contributed by atoms with E-state index < -0.39 is 24.3 Å². The van der Waals surface area contributed by atoms with Gasteiger partial charge in [-0.15, -0.1) is 0 Å². The Morgan fingerprint density at radius 2 is 1.38 bits per heavy atom. The molecule has 9 heteroatoms. The first-order valence-electron chi connectivity index (χ1n) is 15.7. The van der Waals surface area contributed by atoms with Crippen molar-refractivity contribution in [2.45, 2.75) is 51.1 Å². The third-order valence-electron chi connectivity index (χ3n) is 7.97. The molecule has 0 aliphatic heterocycles. The van der Waals surface area contributed by atoms with Crippen LogP contribution in [0.1, 0.15) is 60.0 Å². The van der Waals surface area contributed by atoms with E-state index in [2.05, 4.69) is 24.3 Å². The van der Waals surface area contributed by atoms with E-state index in [1.807, 2.05) is 6.07 Å². The van der Waals surface area contributed by atoms with Crippen LogP contribution in [0, 0.1) is 0 Å². The van der Waals surface area contributed by atoms with Crippen LogP contribution < -0.4 is 9.47 Å². The van der Waals surface area contributed by atoms with Crippen LogP contribution in [0.15, 0.2) is 91.0 Å². The van der Waals surface area contributed by atoms with E-state index >= 15 is 0 Å². The van der Waals surface area contributed by atoms with Gasteiger partial charge in [-0.2, -0.15) is 13.2 Å². The zero-order valence-corrected chi connectivity index (χ0v) is 26.7. The van der Waals surface area contributed by atoms with Gasteiger partial charge in [0.05, 0.1) is 23.8 Å². The molecule has 1 N–H and O–H groups in total. The Hall–Kier alpha value is -4.79. The van der Waals surface area contributed by atoms with Crippen LogP contribution in [0.4, 0.5) is 13.2 Å². The van der Waals surface area contributed by atoms with E-state index in [0.717, 1.165) is 57.1 Å². The van der Waals surface area contributed by atoms with Crippen LogP contribution in [0.25, 0.3) is 22.3 Å². The summed E-state index contributed by atoms with van der Waals surface area (Å²) in [5.41, 5.74) is 1.66. The number of amides is 1. The lowest BCUT2D eigenvalue weighted by molar-refractivity contribution is -0.139. The van der Waals surface area contributed by atoms with Crippen LogP contribution in [0.3, 0.4) is 0 Å². The largest absolute Gasteiger partial charge is 0.495 e. The Morgan fingerprint density at radius 1 is 0.766 bits per heavy atom. The number of carboxylic acids is 1. The van der Waals surface area contributed by atoms with Gasteiger partial charge in [0.15, 0.2) is 6.61 Å². The molecule has 6 nitrogen and oxygen atoms in total. The molecule has 47 heavy (non-hydrogen) atoms. The normalized spacial score (nSPS) is 11.3. The summed E-state index contributed by atoms with van der Waals surface area (Å²) in [5, 5.41) is 9.44. The summed E-state index contributed by atoms with van der Waals surface area (Å²) in [5.74, 6) is -1.50. The maximum Gasteiger partial charge on any atom is 0.416 e. The zero-order chi connectivity index (χ0) is 33.8. The van der Waals surface area contributed by atoms with Gasteiger partial charge >= 0.3 is 12.1 Å². The highest BCUT2D eigenvalue weighted by atomic mass is 19.4. The molecule has 4 aromatic rings. The third-order valence-corrected chi connectivity index (χ3v) is 7.97. The molecule has 0 saturated heterocycles. The standard InChI is InChI=1S/C38H40F3NO5/c1-42(23-14-6-4-3-5-9-16-27-17-10-7-11-18-27)37(45)32-25-31(29-21-15-22-30(24-29)38(39,40)41)36(47-26-33(43)44)34(35(32)46-2)28-19-12-8-13-20-28/h7-8,10-13,15,17-22,24-25H,3-6,9,14,16,23,26H2,1-2H3,(H,43,44). The van der Waals surface area contributed by atoms with E-state index in [4.69, 9.17) is 9.47 Å². The van der Waals surface area contributed by atoms with Crippen molar-refractivity contribution in [1.82, 2.24) is 4.90 Å². The summed E-state index contributed by atoms with van der Waals surface area (Å²) >= 11 is 0. The molecule has 0 heterocycles. The van der Waals surface area contributed by atoms with Gasteiger partial charge in [-0.3, -0.25) is 4.79 Å². The average molecular weight is 648 g/mol. The molecule has 0 radical (unpaired) electrons. The minimum absolute atomic E-state index is 0.00115. The molecule has 0 saturated carbocycles. The number of alkyl halides is 3. The molecule has 0 aliphatic rings. The first-order chi connectivity index (χ1) is 22.6. The molecule has 0 spiro atoms. The van der Waals surface area contributed by atoms with Crippen LogP contribution in [-0.4, -0.2) is 49.2 Å². The fourth-order valence-electron chi connectivity index (χ4n) is 5.58. The number of carbonyl (C=O) groups is 2. The monoisotopic (exact) mass is 647 g/mol. The molecule has 4 aromatic carbocycles. The zero-order valence-electron chi connectivity index (χ0n) is 26.7. The number of unbranched alkanes of at least 4 members (excludes halogenated alkanes) is 5. The first-order valence-corrected chi connectivity index (χ1v) is 15.7. The number of aliphatic carboxylic acids is 1. The number of aryl methyl sites for hydroxylation is 1. The lowest BCUT2D eigenvalue weighted by Crippen LogP contribution is -2.28. The van der Waals surface area contributed by atoms with Gasteiger partial charge in [0.25, 0.3) is 5.91 Å². The number of ether oxygens (including phenoxy) is 2. The van der Waals surface area contributed by atoms with Crippen LogP contribution >= 0.6 is 0 Å². The van der Waals surface area contributed by atoms with Gasteiger partial charge in [-0.05, 0) is 54.2 Å². The fraction of sp³-hybridized carbons (Fsp3) is 0.316. The summed E-state index contributed by atoms with van der Waals surface area (Å²) in [7, 11) is 3.07. The third kappa shape index (κ3) is 9.61. The number of hydrogen-bond acceptors (Lipinski definition) is 4. The maximum absolute atomic E-state index is 14.0. The van der Waals surface area contributed by atoms with Crippen molar-refractivity contribution in [3.8, 4) is 33.8 Å². The number of nitrogens with zero attached hydrogens (tertiary/aromatic N) is 1. The van der Waals surface area contributed by atoms with E-state index in [9.17, 15) is 27.9 Å². The number of rotatable bonds is 16. The maximum atomic E-state index is 14.0. The smallest absolute Gasteiger partial charge is 0.416 e. The van der Waals surface area contributed by atoms with Gasteiger partial charge in [0, 0.05) is 19.2 Å². The summed E-state index contributed by atoms with van der Waals surface area (Å²) in [4.78, 5) is 27.1. The molecule has 0 aliphatic carbocycles. The van der Waals surface area contributed by atoms with Crippen LogP contribution in [-0.2, 0) is 17.4 Å². The number of hydrogen-bond donors (Lipinski definition) is 1. The highest BCUT2D eigenvalue weighted by molar-refractivity contribution is 6.03. The lowest BCUT2D eigenvalue weighted by atomic mass is 9.92. The quantitative estimate of drug-likeness (QED) is 0.123. The number of benzene rings is 4. The number of halogens is 3. The summed E-state index contributed by atoms with van der Waals surface area (Å²) < 4.78 is 52.7. The van der Waals surface area contributed by atoms with Crippen molar-refractivity contribution in [2.75, 3.05) is 27.3 Å². The number of carboxylic acid groups (broad SMARTS) is 1. The topological polar surface area (TPSA) is 76.1 Å². The Kier molecular flexibility index (Phi) is 12.4. The summed E-state index contributed by atoms with van der Waals surface area (Å²) in [6, 6.07) is 25.3. The SMILES string of the molecule is COc1c(C(=O)N(C)CCCCCCCCc2ccccc2)cc(-c2cccc(C(F)(F)F)c2)c(OCC(=O)O)c1-c1ccccc1. The average Bonchev–Trinajstić information content (AvgIpc) is 3.07. The minimum Gasteiger partial charge on any atom is -0.495 e. The molecule has 1 amide bonds. The lowest BCUT2D eigenvalue weighted by Gasteiger charge is -2.24. The molecule has 0 unspecified atom stereocenters. The molecule has 4 rings (SSSR count). The molecule has 0 fully saturated rings. The molecular weight excluding hydrogens is 607 g/mol. The second kappa shape index (κ2) is 16.7. The van der Waals surface area contributed by atoms with Gasteiger partial charge in [-0.25, -0.2) is 4.79 Å². The Balaban J connectivity index is 1.60. The van der Waals surface area contributed by atoms with Gasteiger partial charge in [0.1, 0.15) is 11.5 Å². The molecular formula is C38H40F3NO5. The molecule has 0 aromatic heterocycles. The predicted molar refractivity (Wildman–Crippen MR) is 177 cm³/mol. The Bertz CT molecular complexity index is 1620. The van der Waals surface area contributed by atoms with Gasteiger partial charge < -0.3 is 19.5 Å². The number of carbonyl (C=O) groups excluding carboxylic acids is 1. The van der Waals surface area contributed by atoms with Crippen molar-refractivity contribution in [3.63, 3.8) is 0 Å². The summed E-state index contributed by atoms with van der Waals surface area (Å²) in [6.07, 6.45) is 2.61. The van der Waals surface area contributed by atoms with Crippen molar-refractivity contribution in [2.24, 2.45) is 0 Å². The second-order valence-electron chi connectivity index (χ2n) is 11.4. The minimum atomic E-state index is -4.62. The van der Waals surface area contributed by atoms with Crippen LogP contribution in [0.2, 0.25) is 0 Å². The van der Waals surface area contributed by atoms with Gasteiger partial charge in [-0.1, -0.05) is 98.5 Å². The van der Waals surface area contributed by atoms with Crippen molar-refractivity contribution in [3.05, 3.63) is 108 Å². The Labute approximate surface area is 273 Å². The first kappa shape index (κ1) is 35.1. The Morgan fingerprint density at radius 3 is 2.02 bits per heavy atom. The highest BCUT2D eigenvalue weighted by Crippen LogP contribution is 2.48. The van der Waals surface area contributed by atoms with Crippen molar-refractivity contribution in [1.29, 1.82) is 0 Å². The molecule has 0 bridgehead atoms. The molecule has 248 valence electrons. The van der Waals surface area contributed by atoms with E-state index in [0.29, 0.717) is 12.1 Å². The fourth-order valence-corrected chi connectivity index (χ4v) is 5.58. The second-order valence-corrected chi connectivity index (χ2v) is 11.4. The van der Waals surface area contributed by atoms with E-state index in [-0.39, 0.29) is 39.7 Å². The summed E-state index contributed by atoms with van der Waals surface area (Å²) in [6.45, 7) is -0.281. The van der Waals surface area contributed by atoms with Crippen molar-refractivity contribution >= 4 is 11.9 Å². The van der Waals surface area contributed by atoms with Crippen molar-refractivity contribution < 1.29 is 37.3 Å².